The molecule has 6 nitrogen and oxygen atoms in total. The predicted octanol–water partition coefficient (Wildman–Crippen LogP) is 1.90. The van der Waals surface area contributed by atoms with E-state index in [1.54, 1.807) is 16.5 Å². The molecule has 2 aromatic carbocycles. The van der Waals surface area contributed by atoms with Gasteiger partial charge in [0.2, 0.25) is 0 Å². The summed E-state index contributed by atoms with van der Waals surface area (Å²) < 4.78 is 3.07. The highest BCUT2D eigenvalue weighted by Crippen LogP contribution is 2.33. The summed E-state index contributed by atoms with van der Waals surface area (Å²) in [7, 11) is 1.73. The van der Waals surface area contributed by atoms with Gasteiger partial charge in [-0.2, -0.15) is 0 Å². The first-order chi connectivity index (χ1) is 13.5. The molecule has 0 aliphatic carbocycles. The summed E-state index contributed by atoms with van der Waals surface area (Å²) in [4.78, 5) is 34.9. The Kier molecular flexibility index (Phi) is 3.99. The van der Waals surface area contributed by atoms with Gasteiger partial charge in [-0.05, 0) is 24.3 Å². The van der Waals surface area contributed by atoms with Crippen molar-refractivity contribution in [3.8, 4) is 0 Å². The smallest absolute Gasteiger partial charge is 0.272 e. The van der Waals surface area contributed by atoms with Crippen LogP contribution in [0.1, 0.15) is 5.56 Å². The summed E-state index contributed by atoms with van der Waals surface area (Å²) in [6.07, 6.45) is 0. The number of thiazole rings is 1. The number of hydrogen-bond donors (Lipinski definition) is 0. The predicted molar refractivity (Wildman–Crippen MR) is 113 cm³/mol. The molecule has 2 aliphatic rings. The monoisotopic (exact) mass is 454 g/mol. The highest BCUT2D eigenvalue weighted by atomic mass is 79.9. The number of likely N-dealkylation sites (N-methyl/N-ethyl adjacent to an activating group) is 1. The first-order valence-corrected chi connectivity index (χ1v) is 10.3. The molecule has 0 atom stereocenters. The molecule has 140 valence electrons. The van der Waals surface area contributed by atoms with Crippen LogP contribution in [0.5, 0.6) is 0 Å². The molecule has 0 saturated carbocycles. The molecule has 0 spiro atoms. The van der Waals surface area contributed by atoms with Crippen molar-refractivity contribution >= 4 is 50.1 Å². The molecule has 1 amide bonds. The maximum absolute atomic E-state index is 13.2. The lowest BCUT2D eigenvalue weighted by atomic mass is 10.1. The third kappa shape index (κ3) is 2.56. The summed E-state index contributed by atoms with van der Waals surface area (Å²) in [6, 6.07) is 15.5. The average Bonchev–Trinajstić information content (AvgIpc) is 3.16. The Morgan fingerprint density at radius 2 is 1.93 bits per heavy atom. The van der Waals surface area contributed by atoms with Crippen molar-refractivity contribution in [1.82, 2.24) is 4.57 Å². The van der Waals surface area contributed by atoms with Crippen LogP contribution in [0.15, 0.2) is 62.8 Å². The zero-order valence-corrected chi connectivity index (χ0v) is 17.3. The van der Waals surface area contributed by atoms with Crippen LogP contribution in [0.4, 0.5) is 11.4 Å². The lowest BCUT2D eigenvalue weighted by Crippen LogP contribution is -2.43. The minimum atomic E-state index is -0.170. The largest absolute Gasteiger partial charge is 0.334 e. The molecule has 0 fully saturated rings. The number of halogens is 1. The van der Waals surface area contributed by atoms with Crippen LogP contribution in [0.2, 0.25) is 0 Å². The lowest BCUT2D eigenvalue weighted by Gasteiger charge is -2.25. The van der Waals surface area contributed by atoms with Gasteiger partial charge < -0.3 is 9.80 Å². The molecule has 5 rings (SSSR count). The van der Waals surface area contributed by atoms with Crippen molar-refractivity contribution in [2.45, 2.75) is 6.67 Å². The Hall–Kier alpha value is -2.71. The zero-order valence-electron chi connectivity index (χ0n) is 14.9. The quantitative estimate of drug-likeness (QED) is 0.564. The summed E-state index contributed by atoms with van der Waals surface area (Å²) in [5.74, 6) is -0.152. The van der Waals surface area contributed by atoms with Gasteiger partial charge in [-0.1, -0.05) is 51.5 Å². The first kappa shape index (κ1) is 17.4. The fraction of sp³-hybridized carbons (Fsp3) is 0.150. The van der Waals surface area contributed by atoms with Crippen LogP contribution in [0, 0.1) is 0 Å². The van der Waals surface area contributed by atoms with Crippen LogP contribution in [-0.2, 0) is 11.5 Å². The molecule has 3 heterocycles. The van der Waals surface area contributed by atoms with Crippen molar-refractivity contribution in [3.63, 3.8) is 0 Å². The number of amides is 1. The van der Waals surface area contributed by atoms with Crippen molar-refractivity contribution < 1.29 is 4.79 Å². The van der Waals surface area contributed by atoms with Crippen LogP contribution in [0.25, 0.3) is 5.57 Å². The molecule has 1 aromatic heterocycles. The van der Waals surface area contributed by atoms with Crippen molar-refractivity contribution in [1.29, 1.82) is 0 Å². The van der Waals surface area contributed by atoms with E-state index in [1.807, 2.05) is 53.4 Å². The van der Waals surface area contributed by atoms with Gasteiger partial charge in [-0.25, -0.2) is 4.99 Å². The second-order valence-electron chi connectivity index (χ2n) is 6.66. The Balaban J connectivity index is 1.67. The van der Waals surface area contributed by atoms with Crippen molar-refractivity contribution in [2.75, 3.05) is 23.5 Å². The summed E-state index contributed by atoms with van der Waals surface area (Å²) in [5.41, 5.74) is 2.91. The molecule has 2 aliphatic heterocycles. The van der Waals surface area contributed by atoms with Gasteiger partial charge in [0.05, 0.1) is 11.3 Å². The molecule has 0 bridgehead atoms. The molecule has 3 aromatic rings. The normalized spacial score (nSPS) is 17.4. The van der Waals surface area contributed by atoms with Crippen LogP contribution >= 0.6 is 27.3 Å². The minimum absolute atomic E-state index is 0.152. The summed E-state index contributed by atoms with van der Waals surface area (Å²) in [5, 5.41) is 0. The fourth-order valence-corrected chi connectivity index (χ4v) is 5.03. The Morgan fingerprint density at radius 3 is 2.75 bits per heavy atom. The number of rotatable bonds is 1. The molecule has 0 unspecified atom stereocenters. The van der Waals surface area contributed by atoms with E-state index in [1.165, 1.54) is 11.3 Å². The number of fused-ring (bicyclic) bond motifs is 2. The highest BCUT2D eigenvalue weighted by Gasteiger charge is 2.32. The first-order valence-electron chi connectivity index (χ1n) is 8.71. The van der Waals surface area contributed by atoms with E-state index >= 15 is 0 Å². The third-order valence-electron chi connectivity index (χ3n) is 5.01. The van der Waals surface area contributed by atoms with Gasteiger partial charge in [0.15, 0.2) is 4.80 Å². The molecule has 8 heteroatoms. The SMILES string of the molecule is CN1C(=O)/C(=c2\sc3n(c2=O)CN(c2cccc(Br)c2)CN=3)c2ccccc21. The van der Waals surface area contributed by atoms with Crippen LogP contribution in [0.3, 0.4) is 0 Å². The van der Waals surface area contributed by atoms with Gasteiger partial charge in [-0.15, -0.1) is 0 Å². The summed E-state index contributed by atoms with van der Waals surface area (Å²) in [6.45, 7) is 0.874. The van der Waals surface area contributed by atoms with Crippen LogP contribution < -0.4 is 24.7 Å². The van der Waals surface area contributed by atoms with E-state index in [0.717, 1.165) is 21.4 Å². The topological polar surface area (TPSA) is 57.9 Å². The number of anilines is 2. The Labute approximate surface area is 172 Å². The number of carbonyl (C=O) groups excluding carboxylic acids is 1. The Bertz CT molecular complexity index is 1310. The van der Waals surface area contributed by atoms with Gasteiger partial charge in [-0.3, -0.25) is 14.2 Å². The van der Waals surface area contributed by atoms with E-state index in [0.29, 0.717) is 28.2 Å². The third-order valence-corrected chi connectivity index (χ3v) is 6.61. The molecule has 0 N–H and O–H groups in total. The fourth-order valence-electron chi connectivity index (χ4n) is 3.59. The molecule has 0 radical (unpaired) electrons. The van der Waals surface area contributed by atoms with Gasteiger partial charge in [0.25, 0.3) is 11.5 Å². The van der Waals surface area contributed by atoms with Gasteiger partial charge >= 0.3 is 0 Å². The van der Waals surface area contributed by atoms with Crippen molar-refractivity contribution in [2.24, 2.45) is 4.99 Å². The maximum atomic E-state index is 13.2. The zero-order chi connectivity index (χ0) is 19.4. The Morgan fingerprint density at radius 1 is 1.11 bits per heavy atom. The average molecular weight is 455 g/mol. The summed E-state index contributed by atoms with van der Waals surface area (Å²) >= 11 is 4.77. The van der Waals surface area contributed by atoms with E-state index < -0.39 is 0 Å². The highest BCUT2D eigenvalue weighted by molar-refractivity contribution is 9.10. The number of hydrogen-bond acceptors (Lipinski definition) is 5. The molecular formula is C20H15BrN4O2S. The van der Waals surface area contributed by atoms with Gasteiger partial charge in [0, 0.05) is 22.8 Å². The number of benzene rings is 2. The second kappa shape index (κ2) is 6.42. The lowest BCUT2D eigenvalue weighted by molar-refractivity contribution is -0.112. The number of aromatic nitrogens is 1. The molecule has 0 saturated heterocycles. The van der Waals surface area contributed by atoms with Crippen molar-refractivity contribution in [3.05, 3.63) is 78.3 Å². The van der Waals surface area contributed by atoms with E-state index in [2.05, 4.69) is 20.9 Å². The van der Waals surface area contributed by atoms with E-state index in [4.69, 9.17) is 0 Å². The van der Waals surface area contributed by atoms with E-state index in [-0.39, 0.29) is 11.5 Å². The van der Waals surface area contributed by atoms with E-state index in [9.17, 15) is 9.59 Å². The number of carbonyl (C=O) groups is 1. The standard InChI is InChI=1S/C20H15BrN4O2S/c1-23-15-8-3-2-7-14(15)16(18(23)26)17-19(27)25-11-24(10-22-20(25)28-17)13-6-4-5-12(21)9-13/h2-9H,10-11H2,1H3/b17-16-. The maximum Gasteiger partial charge on any atom is 0.272 e. The van der Waals surface area contributed by atoms with Gasteiger partial charge in [0.1, 0.15) is 17.9 Å². The second-order valence-corrected chi connectivity index (χ2v) is 8.56. The molecular weight excluding hydrogens is 440 g/mol. The van der Waals surface area contributed by atoms with Crippen LogP contribution in [-0.4, -0.2) is 24.2 Å². The minimum Gasteiger partial charge on any atom is -0.334 e. The number of nitrogens with zero attached hydrogens (tertiary/aromatic N) is 4. The molecule has 28 heavy (non-hydrogen) atoms. The number of para-hydroxylation sites is 1.